The molecule has 2 fully saturated rings. The summed E-state index contributed by atoms with van der Waals surface area (Å²) in [6.07, 6.45) is -0.307. The van der Waals surface area contributed by atoms with E-state index >= 15 is 0 Å². The number of benzene rings is 2. The fourth-order valence-corrected chi connectivity index (χ4v) is 6.17. The average molecular weight is 499 g/mol. The summed E-state index contributed by atoms with van der Waals surface area (Å²) >= 11 is 0. The first-order valence-electron chi connectivity index (χ1n) is 11.7. The highest BCUT2D eigenvalue weighted by molar-refractivity contribution is 7.86. The Balaban J connectivity index is 1.36. The van der Waals surface area contributed by atoms with Crippen molar-refractivity contribution in [3.05, 3.63) is 65.2 Å². The van der Waals surface area contributed by atoms with Crippen LogP contribution in [0.25, 0.3) is 0 Å². The zero-order chi connectivity index (χ0) is 25.0. The molecular weight excluding hydrogens is 468 g/mol. The Hall–Kier alpha value is -2.97. The van der Waals surface area contributed by atoms with E-state index in [0.29, 0.717) is 43.1 Å². The van der Waals surface area contributed by atoms with Crippen molar-refractivity contribution in [2.24, 2.45) is 0 Å². The van der Waals surface area contributed by atoms with Crippen molar-refractivity contribution in [2.75, 3.05) is 39.3 Å². The molecule has 1 amide bonds. The van der Waals surface area contributed by atoms with Gasteiger partial charge in [-0.2, -0.15) is 22.3 Å². The van der Waals surface area contributed by atoms with E-state index in [4.69, 9.17) is 9.47 Å². The lowest BCUT2D eigenvalue weighted by molar-refractivity contribution is -0.0457. The van der Waals surface area contributed by atoms with Crippen LogP contribution in [0, 0.1) is 11.3 Å². The van der Waals surface area contributed by atoms with Crippen LogP contribution in [-0.2, 0) is 21.6 Å². The number of ether oxygens (including phenoxy) is 2. The number of carbonyl (C=O) groups is 1. The second kappa shape index (κ2) is 10.7. The van der Waals surface area contributed by atoms with E-state index in [1.165, 1.54) is 8.61 Å². The van der Waals surface area contributed by atoms with Crippen LogP contribution in [0.2, 0.25) is 0 Å². The molecule has 2 aliphatic rings. The number of amides is 1. The normalized spacial score (nSPS) is 21.9. The lowest BCUT2D eigenvalue weighted by Crippen LogP contribution is -2.57. The highest BCUT2D eigenvalue weighted by atomic mass is 32.2. The second-order valence-electron chi connectivity index (χ2n) is 8.86. The van der Waals surface area contributed by atoms with Gasteiger partial charge in [-0.25, -0.2) is 0 Å². The minimum absolute atomic E-state index is 0.153. The summed E-state index contributed by atoms with van der Waals surface area (Å²) in [5.41, 5.74) is 1.80. The maximum atomic E-state index is 13.1. The number of hydrogen-bond acceptors (Lipinski definition) is 6. The molecule has 0 aliphatic carbocycles. The van der Waals surface area contributed by atoms with Gasteiger partial charge in [0.05, 0.1) is 23.8 Å². The van der Waals surface area contributed by atoms with Crippen molar-refractivity contribution in [3.8, 4) is 11.8 Å². The molecule has 0 radical (unpaired) electrons. The SMILES string of the molecule is CC1CN(S(=O)(=O)N2CCN(C(=O)c3cccc(OCc4ccccc4C#N)c3)CC2)CC(C)O1. The van der Waals surface area contributed by atoms with Gasteiger partial charge < -0.3 is 14.4 Å². The molecule has 2 heterocycles. The van der Waals surface area contributed by atoms with Crippen LogP contribution in [0.15, 0.2) is 48.5 Å². The molecule has 2 aromatic rings. The molecule has 2 aromatic carbocycles. The summed E-state index contributed by atoms with van der Waals surface area (Å²) in [7, 11) is -3.61. The third-order valence-corrected chi connectivity index (χ3v) is 8.15. The first kappa shape index (κ1) is 25.1. The van der Waals surface area contributed by atoms with Crippen LogP contribution < -0.4 is 4.74 Å². The molecule has 9 nitrogen and oxygen atoms in total. The van der Waals surface area contributed by atoms with E-state index < -0.39 is 10.2 Å². The summed E-state index contributed by atoms with van der Waals surface area (Å²) in [6, 6.07) is 16.3. The summed E-state index contributed by atoms with van der Waals surface area (Å²) in [6.45, 7) is 5.74. The van der Waals surface area contributed by atoms with Gasteiger partial charge in [0.15, 0.2) is 0 Å². The molecule has 4 rings (SSSR count). The highest BCUT2D eigenvalue weighted by Gasteiger charge is 2.37. The second-order valence-corrected chi connectivity index (χ2v) is 10.8. The molecule has 2 unspecified atom stereocenters. The van der Waals surface area contributed by atoms with Crippen LogP contribution in [0.4, 0.5) is 0 Å². The van der Waals surface area contributed by atoms with Gasteiger partial charge in [0.25, 0.3) is 16.1 Å². The van der Waals surface area contributed by atoms with E-state index in [2.05, 4.69) is 6.07 Å². The molecule has 0 bridgehead atoms. The Morgan fingerprint density at radius 1 is 1.03 bits per heavy atom. The maximum absolute atomic E-state index is 13.1. The zero-order valence-corrected chi connectivity index (χ0v) is 20.8. The van der Waals surface area contributed by atoms with Gasteiger partial charge in [0.1, 0.15) is 12.4 Å². The van der Waals surface area contributed by atoms with E-state index in [-0.39, 0.29) is 37.8 Å². The predicted octanol–water partition coefficient (Wildman–Crippen LogP) is 2.25. The monoisotopic (exact) mass is 498 g/mol. The van der Waals surface area contributed by atoms with E-state index in [1.54, 1.807) is 41.3 Å². The quantitative estimate of drug-likeness (QED) is 0.605. The first-order chi connectivity index (χ1) is 16.8. The summed E-state index contributed by atoms with van der Waals surface area (Å²) in [5.74, 6) is 0.360. The summed E-state index contributed by atoms with van der Waals surface area (Å²) in [5, 5.41) is 9.24. The van der Waals surface area contributed by atoms with Gasteiger partial charge in [0.2, 0.25) is 0 Å². The van der Waals surface area contributed by atoms with Crippen molar-refractivity contribution in [3.63, 3.8) is 0 Å². The third kappa shape index (κ3) is 5.82. The average Bonchev–Trinajstić information content (AvgIpc) is 2.87. The van der Waals surface area contributed by atoms with Crippen molar-refractivity contribution < 1.29 is 22.7 Å². The van der Waals surface area contributed by atoms with Crippen LogP contribution >= 0.6 is 0 Å². The molecule has 2 atom stereocenters. The van der Waals surface area contributed by atoms with Crippen molar-refractivity contribution >= 4 is 16.1 Å². The standard InChI is InChI=1S/C25H30N4O5S/c1-19-16-29(17-20(2)34-19)35(31,32)28-12-10-27(11-13-28)25(30)21-8-5-9-24(14-21)33-18-23-7-4-3-6-22(23)15-26/h3-9,14,19-20H,10-13,16-18H2,1-2H3. The fourth-order valence-electron chi connectivity index (χ4n) is 4.42. The molecule has 35 heavy (non-hydrogen) atoms. The Bertz CT molecular complexity index is 1190. The van der Waals surface area contributed by atoms with Crippen molar-refractivity contribution in [1.82, 2.24) is 13.5 Å². The molecule has 0 saturated carbocycles. The van der Waals surface area contributed by atoms with Gasteiger partial charge in [-0.05, 0) is 38.1 Å². The number of hydrogen-bond donors (Lipinski definition) is 0. The third-order valence-electron chi connectivity index (χ3n) is 6.18. The van der Waals surface area contributed by atoms with Crippen molar-refractivity contribution in [1.29, 1.82) is 5.26 Å². The molecule has 2 saturated heterocycles. The number of rotatable bonds is 6. The van der Waals surface area contributed by atoms with Gasteiger partial charge >= 0.3 is 0 Å². The van der Waals surface area contributed by atoms with Crippen LogP contribution in [0.5, 0.6) is 5.75 Å². The number of piperazine rings is 1. The molecule has 0 spiro atoms. The Labute approximate surface area is 206 Å². The molecule has 186 valence electrons. The Morgan fingerprint density at radius 3 is 2.40 bits per heavy atom. The Morgan fingerprint density at radius 2 is 1.71 bits per heavy atom. The lowest BCUT2D eigenvalue weighted by Gasteiger charge is -2.40. The van der Waals surface area contributed by atoms with Gasteiger partial charge in [-0.3, -0.25) is 4.79 Å². The van der Waals surface area contributed by atoms with Crippen LogP contribution in [0.1, 0.15) is 35.3 Å². The molecule has 2 aliphatic heterocycles. The molecular formula is C25H30N4O5S. The predicted molar refractivity (Wildman–Crippen MR) is 130 cm³/mol. The fraction of sp³-hybridized carbons (Fsp3) is 0.440. The smallest absolute Gasteiger partial charge is 0.282 e. The first-order valence-corrected chi connectivity index (χ1v) is 13.1. The zero-order valence-electron chi connectivity index (χ0n) is 20.0. The molecule has 0 aromatic heterocycles. The van der Waals surface area contributed by atoms with Gasteiger partial charge in [-0.1, -0.05) is 24.3 Å². The van der Waals surface area contributed by atoms with E-state index in [1.807, 2.05) is 26.0 Å². The number of carbonyl (C=O) groups excluding carboxylic acids is 1. The largest absolute Gasteiger partial charge is 0.489 e. The summed E-state index contributed by atoms with van der Waals surface area (Å²) in [4.78, 5) is 14.8. The number of nitriles is 1. The Kier molecular flexibility index (Phi) is 7.72. The van der Waals surface area contributed by atoms with Crippen LogP contribution in [-0.4, -0.2) is 79.3 Å². The molecule has 0 N–H and O–H groups in total. The van der Waals surface area contributed by atoms with Crippen molar-refractivity contribution in [2.45, 2.75) is 32.7 Å². The minimum Gasteiger partial charge on any atom is -0.489 e. The summed E-state index contributed by atoms with van der Waals surface area (Å²) < 4.78 is 40.7. The maximum Gasteiger partial charge on any atom is 0.282 e. The molecule has 10 heteroatoms. The minimum atomic E-state index is -3.61. The van der Waals surface area contributed by atoms with Crippen LogP contribution in [0.3, 0.4) is 0 Å². The highest BCUT2D eigenvalue weighted by Crippen LogP contribution is 2.21. The van der Waals surface area contributed by atoms with Gasteiger partial charge in [0, 0.05) is 50.4 Å². The lowest BCUT2D eigenvalue weighted by atomic mass is 10.1. The van der Waals surface area contributed by atoms with E-state index in [9.17, 15) is 18.5 Å². The number of nitrogens with zero attached hydrogens (tertiary/aromatic N) is 4. The topological polar surface area (TPSA) is 103 Å². The van der Waals surface area contributed by atoms with Gasteiger partial charge in [-0.15, -0.1) is 0 Å². The van der Waals surface area contributed by atoms with E-state index in [0.717, 1.165) is 5.56 Å². The number of morpholine rings is 1.